The molecular formula is C39H53N6O4+. The molecule has 3 aromatic rings. The maximum absolute atomic E-state index is 14.5. The second-order valence-corrected chi connectivity index (χ2v) is 13.6. The highest BCUT2D eigenvalue weighted by Gasteiger charge is 2.44. The van der Waals surface area contributed by atoms with Crippen LogP contribution in [0, 0.1) is 5.41 Å². The fourth-order valence-electron chi connectivity index (χ4n) is 7.27. The zero-order chi connectivity index (χ0) is 34.6. The van der Waals surface area contributed by atoms with Crippen molar-refractivity contribution in [2.24, 2.45) is 5.41 Å². The topological polar surface area (TPSA) is 130 Å². The quantitative estimate of drug-likeness (QED) is 0.241. The number of carbonyl (C=O) groups is 4. The Kier molecular flexibility index (Phi) is 12.6. The molecule has 0 aromatic heterocycles. The van der Waals surface area contributed by atoms with Gasteiger partial charge in [-0.1, -0.05) is 72.8 Å². The number of hydrogen-bond acceptors (Lipinski definition) is 4. The van der Waals surface area contributed by atoms with Crippen molar-refractivity contribution in [1.29, 1.82) is 0 Å². The number of hydrogen-bond donors (Lipinski definition) is 3. The Bertz CT molecular complexity index is 1570. The number of quaternary nitrogens is 1. The summed E-state index contributed by atoms with van der Waals surface area (Å²) in [5, 5.41) is 8.31. The Labute approximate surface area is 290 Å². The monoisotopic (exact) mass is 669 g/mol. The van der Waals surface area contributed by atoms with Gasteiger partial charge in [-0.2, -0.15) is 0 Å². The van der Waals surface area contributed by atoms with E-state index in [2.05, 4.69) is 28.5 Å². The lowest BCUT2D eigenvalue weighted by Crippen LogP contribution is -2.60. The largest absolute Gasteiger partial charge is 0.358 e. The molecule has 2 aliphatic heterocycles. The van der Waals surface area contributed by atoms with Gasteiger partial charge in [0.2, 0.25) is 17.7 Å². The summed E-state index contributed by atoms with van der Waals surface area (Å²) in [6.07, 6.45) is 5.63. The smallest absolute Gasteiger partial charge is 0.318 e. The van der Waals surface area contributed by atoms with Crippen molar-refractivity contribution in [3.63, 3.8) is 0 Å². The molecule has 0 radical (unpaired) electrons. The van der Waals surface area contributed by atoms with Crippen molar-refractivity contribution in [3.8, 4) is 0 Å². The summed E-state index contributed by atoms with van der Waals surface area (Å²) >= 11 is 0. The van der Waals surface area contributed by atoms with E-state index in [0.29, 0.717) is 71.4 Å². The van der Waals surface area contributed by atoms with Crippen LogP contribution < -0.4 is 16.4 Å². The van der Waals surface area contributed by atoms with E-state index >= 15 is 0 Å². The van der Waals surface area contributed by atoms with Crippen molar-refractivity contribution in [3.05, 3.63) is 83.9 Å². The summed E-state index contributed by atoms with van der Waals surface area (Å²) in [7, 11) is 0. The number of fused-ring (bicyclic) bond motifs is 1. The van der Waals surface area contributed by atoms with Crippen LogP contribution in [0.2, 0.25) is 0 Å². The first-order valence-corrected chi connectivity index (χ1v) is 18.0. The van der Waals surface area contributed by atoms with E-state index in [9.17, 15) is 19.2 Å². The molecule has 2 atom stereocenters. The molecule has 5 rings (SSSR count). The van der Waals surface area contributed by atoms with Crippen LogP contribution in [0.5, 0.6) is 0 Å². The molecule has 10 heteroatoms. The van der Waals surface area contributed by atoms with Crippen molar-refractivity contribution >= 4 is 34.5 Å². The van der Waals surface area contributed by atoms with Gasteiger partial charge in [0.25, 0.3) is 0 Å². The van der Waals surface area contributed by atoms with Gasteiger partial charge in [-0.3, -0.25) is 14.4 Å². The highest BCUT2D eigenvalue weighted by Crippen LogP contribution is 2.35. The number of benzene rings is 3. The summed E-state index contributed by atoms with van der Waals surface area (Å²) in [5.41, 5.74) is 5.10. The third-order valence-corrected chi connectivity index (χ3v) is 10.0. The number of nitrogens with one attached hydrogen (secondary N) is 2. The molecule has 2 fully saturated rings. The van der Waals surface area contributed by atoms with Gasteiger partial charge in [-0.25, -0.2) is 4.79 Å². The molecule has 262 valence electrons. The van der Waals surface area contributed by atoms with Gasteiger partial charge >= 0.3 is 6.03 Å². The maximum Gasteiger partial charge on any atom is 0.318 e. The lowest BCUT2D eigenvalue weighted by atomic mass is 9.74. The molecule has 0 bridgehead atoms. The van der Waals surface area contributed by atoms with E-state index in [1.165, 1.54) is 0 Å². The van der Waals surface area contributed by atoms with Crippen LogP contribution in [0.1, 0.15) is 56.6 Å². The number of likely N-dealkylation sites (tertiary alicyclic amines) is 1. The van der Waals surface area contributed by atoms with E-state index in [1.54, 1.807) is 9.80 Å². The minimum Gasteiger partial charge on any atom is -0.358 e. The Morgan fingerprint density at radius 2 is 1.51 bits per heavy atom. The summed E-state index contributed by atoms with van der Waals surface area (Å²) in [4.78, 5) is 60.0. The number of nitrogens with zero attached hydrogens (tertiary/aromatic N) is 3. The summed E-state index contributed by atoms with van der Waals surface area (Å²) in [5.74, 6) is -0.0926. The number of amides is 5. The first-order valence-electron chi connectivity index (χ1n) is 18.0. The zero-order valence-electron chi connectivity index (χ0n) is 29.0. The van der Waals surface area contributed by atoms with Crippen molar-refractivity contribution in [2.75, 3.05) is 52.4 Å². The average Bonchev–Trinajstić information content (AvgIpc) is 3.13. The Morgan fingerprint density at radius 3 is 2.24 bits per heavy atom. The van der Waals surface area contributed by atoms with E-state index in [4.69, 9.17) is 0 Å². The van der Waals surface area contributed by atoms with Crippen LogP contribution in [0.4, 0.5) is 4.79 Å². The fourth-order valence-corrected chi connectivity index (χ4v) is 7.27. The van der Waals surface area contributed by atoms with Gasteiger partial charge in [0.05, 0.1) is 12.0 Å². The molecule has 2 saturated heterocycles. The van der Waals surface area contributed by atoms with E-state index < -0.39 is 11.5 Å². The van der Waals surface area contributed by atoms with Crippen LogP contribution >= 0.6 is 0 Å². The average molecular weight is 670 g/mol. The van der Waals surface area contributed by atoms with Crippen molar-refractivity contribution < 1.29 is 24.9 Å². The molecule has 0 spiro atoms. The number of unbranched alkanes of at least 4 members (excludes halogenated alkanes) is 2. The molecule has 10 nitrogen and oxygen atoms in total. The predicted molar refractivity (Wildman–Crippen MR) is 191 cm³/mol. The molecular weight excluding hydrogens is 616 g/mol. The van der Waals surface area contributed by atoms with Gasteiger partial charge in [-0.15, -0.1) is 0 Å². The molecule has 5 N–H and O–H groups in total. The molecule has 0 aliphatic carbocycles. The number of piperidine rings is 1. The second kappa shape index (κ2) is 17.3. The van der Waals surface area contributed by atoms with Gasteiger partial charge in [-0.05, 0) is 67.3 Å². The highest BCUT2D eigenvalue weighted by molar-refractivity contribution is 5.90. The summed E-state index contributed by atoms with van der Waals surface area (Å²) < 4.78 is 0. The second-order valence-electron chi connectivity index (χ2n) is 13.6. The molecule has 2 heterocycles. The van der Waals surface area contributed by atoms with Gasteiger partial charge in [0, 0.05) is 58.7 Å². The Hall–Kier alpha value is -4.44. The van der Waals surface area contributed by atoms with Crippen molar-refractivity contribution in [2.45, 2.75) is 64.3 Å². The first-order chi connectivity index (χ1) is 23.8. The molecule has 0 saturated carbocycles. The fraction of sp³-hybridized carbons (Fsp3) is 0.487. The normalized spacial score (nSPS) is 18.6. The minimum absolute atomic E-state index is 0.0405. The van der Waals surface area contributed by atoms with E-state index in [1.807, 2.05) is 72.5 Å². The Morgan fingerprint density at radius 1 is 0.796 bits per heavy atom. The zero-order valence-corrected chi connectivity index (χ0v) is 29.0. The predicted octanol–water partition coefficient (Wildman–Crippen LogP) is 3.39. The molecule has 3 aromatic carbocycles. The number of rotatable bonds is 13. The van der Waals surface area contributed by atoms with Crippen molar-refractivity contribution in [1.82, 2.24) is 25.3 Å². The number of piperazine rings is 1. The minimum atomic E-state index is -0.817. The molecule has 2 aliphatic rings. The summed E-state index contributed by atoms with van der Waals surface area (Å²) in [6.45, 7) is 5.89. The van der Waals surface area contributed by atoms with Crippen LogP contribution in [-0.4, -0.2) is 96.9 Å². The van der Waals surface area contributed by atoms with E-state index in [0.717, 1.165) is 47.7 Å². The lowest BCUT2D eigenvalue weighted by Gasteiger charge is -2.43. The van der Waals surface area contributed by atoms with E-state index in [-0.39, 0.29) is 30.3 Å². The molecule has 0 unspecified atom stereocenters. The standard InChI is InChI=1S/C39H52N6O4/c1-2-41-37(48)39(28-30-12-5-3-6-13-30)19-11-21-45(29-39)36(47)34(27-31-17-18-32-14-8-9-15-33(32)26-31)42-38(49)44-24-22-43(23-25-44)35(46)16-7-4-10-20-40/h3,5-6,8-9,12-15,17-18,26,34H,2,4,7,10-11,16,19-25,27-29,40H2,1H3,(H,41,48)(H,42,49)/p+1/t34-,39+/m1/s1. The third kappa shape index (κ3) is 9.38. The Balaban J connectivity index is 1.32. The summed E-state index contributed by atoms with van der Waals surface area (Å²) in [6, 6.07) is 23.1. The maximum atomic E-state index is 14.5. The van der Waals surface area contributed by atoms with Crippen LogP contribution in [0.3, 0.4) is 0 Å². The molecule has 49 heavy (non-hydrogen) atoms. The number of urea groups is 1. The van der Waals surface area contributed by atoms with Crippen LogP contribution in [-0.2, 0) is 27.2 Å². The SMILES string of the molecule is CCNC(=O)[C@]1(Cc2ccccc2)CCCN(C(=O)[C@@H](Cc2ccc3ccccc3c2)NC(=O)N2CCN(C(=O)CCCCC[NH3+])CC2)C1. The van der Waals surface area contributed by atoms with Crippen LogP contribution in [0.25, 0.3) is 10.8 Å². The highest BCUT2D eigenvalue weighted by atomic mass is 16.2. The molecule has 5 amide bonds. The lowest BCUT2D eigenvalue weighted by molar-refractivity contribution is -0.368. The van der Waals surface area contributed by atoms with Gasteiger partial charge in [0.15, 0.2) is 0 Å². The third-order valence-electron chi connectivity index (χ3n) is 10.0. The van der Waals surface area contributed by atoms with Crippen LogP contribution in [0.15, 0.2) is 72.8 Å². The van der Waals surface area contributed by atoms with Gasteiger partial charge < -0.3 is 31.1 Å². The first kappa shape index (κ1) is 35.9. The van der Waals surface area contributed by atoms with Gasteiger partial charge in [0.1, 0.15) is 6.04 Å². The number of carbonyl (C=O) groups excluding carboxylic acids is 4.